The van der Waals surface area contributed by atoms with Gasteiger partial charge in [-0.05, 0) is 31.0 Å². The van der Waals surface area contributed by atoms with Gasteiger partial charge in [-0.25, -0.2) is 8.42 Å². The van der Waals surface area contributed by atoms with Crippen molar-refractivity contribution in [2.24, 2.45) is 10.2 Å². The third-order valence-corrected chi connectivity index (χ3v) is 7.27. The zero-order valence-corrected chi connectivity index (χ0v) is 18.4. The molecule has 2 N–H and O–H groups in total. The predicted molar refractivity (Wildman–Crippen MR) is 117 cm³/mol. The van der Waals surface area contributed by atoms with E-state index < -0.39 is 14.9 Å². The normalized spacial score (nSPS) is 12.3. The summed E-state index contributed by atoms with van der Waals surface area (Å²) in [6, 6.07) is 7.04. The number of aromatic hydroxyl groups is 1. The lowest BCUT2D eigenvalue weighted by Gasteiger charge is -2.19. The molecule has 11 heteroatoms. The van der Waals surface area contributed by atoms with E-state index in [9.17, 15) is 23.6 Å². The molecule has 3 rings (SSSR count). The van der Waals surface area contributed by atoms with Gasteiger partial charge in [-0.2, -0.15) is 4.31 Å². The third kappa shape index (κ3) is 4.01. The molecule has 0 aliphatic heterocycles. The van der Waals surface area contributed by atoms with Crippen LogP contribution in [0.5, 0.6) is 5.88 Å². The zero-order chi connectivity index (χ0) is 22.9. The summed E-state index contributed by atoms with van der Waals surface area (Å²) in [5.74, 6) is -0.206. The molecule has 3 aromatic rings. The lowest BCUT2D eigenvalue weighted by Crippen LogP contribution is -2.30. The van der Waals surface area contributed by atoms with Crippen LogP contribution in [0.3, 0.4) is 0 Å². The first kappa shape index (κ1) is 22.4. The quantitative estimate of drug-likeness (QED) is 0.304. The lowest BCUT2D eigenvalue weighted by molar-refractivity contribution is -0.385. The number of azo groups is 1. The number of hydrogen-bond acceptors (Lipinski definition) is 7. The number of sulfonamides is 1. The van der Waals surface area contributed by atoms with Gasteiger partial charge in [-0.15, -0.1) is 10.2 Å². The lowest BCUT2D eigenvalue weighted by atomic mass is 10.1. The van der Waals surface area contributed by atoms with Crippen LogP contribution in [-0.2, 0) is 10.0 Å². The van der Waals surface area contributed by atoms with Crippen LogP contribution in [0.1, 0.15) is 25.0 Å². The molecule has 31 heavy (non-hydrogen) atoms. The highest BCUT2D eigenvalue weighted by atomic mass is 32.2. The number of rotatable bonds is 7. The predicted octanol–water partition coefficient (Wildman–Crippen LogP) is 4.84. The molecule has 10 nitrogen and oxygen atoms in total. The van der Waals surface area contributed by atoms with Gasteiger partial charge in [-0.1, -0.05) is 26.0 Å². The Balaban J connectivity index is 2.17. The van der Waals surface area contributed by atoms with Gasteiger partial charge in [0.15, 0.2) is 5.69 Å². The van der Waals surface area contributed by atoms with Crippen LogP contribution in [0.4, 0.5) is 17.1 Å². The van der Waals surface area contributed by atoms with Crippen molar-refractivity contribution < 1.29 is 18.4 Å². The molecule has 0 unspecified atom stereocenters. The van der Waals surface area contributed by atoms with E-state index in [2.05, 4.69) is 15.2 Å². The number of H-pyrrole nitrogens is 1. The minimum atomic E-state index is -4.04. The zero-order valence-electron chi connectivity index (χ0n) is 17.6. The average Bonchev–Trinajstić information content (AvgIpc) is 3.05. The highest BCUT2D eigenvalue weighted by molar-refractivity contribution is 7.89. The van der Waals surface area contributed by atoms with E-state index in [1.54, 1.807) is 19.9 Å². The number of benzene rings is 2. The number of fused-ring (bicyclic) bond motifs is 1. The van der Waals surface area contributed by atoms with Crippen LogP contribution >= 0.6 is 0 Å². The van der Waals surface area contributed by atoms with Crippen molar-refractivity contribution in [3.05, 3.63) is 51.6 Å². The molecule has 0 aliphatic rings. The van der Waals surface area contributed by atoms with Crippen molar-refractivity contribution >= 4 is 38.0 Å². The highest BCUT2D eigenvalue weighted by Crippen LogP contribution is 2.39. The average molecular weight is 446 g/mol. The van der Waals surface area contributed by atoms with Gasteiger partial charge in [0.05, 0.1) is 10.4 Å². The van der Waals surface area contributed by atoms with E-state index in [-0.39, 0.29) is 40.9 Å². The number of nitro groups is 1. The largest absolute Gasteiger partial charge is 0.493 e. The van der Waals surface area contributed by atoms with Crippen LogP contribution in [-0.4, -0.2) is 40.8 Å². The maximum absolute atomic E-state index is 13.1. The van der Waals surface area contributed by atoms with Crippen molar-refractivity contribution in [1.82, 2.24) is 9.29 Å². The van der Waals surface area contributed by atoms with Crippen molar-refractivity contribution in [2.75, 3.05) is 13.1 Å². The summed E-state index contributed by atoms with van der Waals surface area (Å²) in [7, 11) is -4.04. The Labute approximate surface area is 179 Å². The topological polar surface area (TPSA) is 141 Å². The fraction of sp³-hybridized carbons (Fsp3) is 0.300. The molecular formula is C20H23N5O5S. The van der Waals surface area contributed by atoms with E-state index >= 15 is 0 Å². The van der Waals surface area contributed by atoms with E-state index in [0.29, 0.717) is 10.9 Å². The summed E-state index contributed by atoms with van der Waals surface area (Å²) < 4.78 is 27.3. The second-order valence-corrected chi connectivity index (χ2v) is 8.86. The standard InChI is InChI=1S/C20H23N5O5S/c1-5-24(6-2)31(29,30)17-11-14(25(27)28)8-10-16(17)22-23-19-15-9-7-12(3)13(4)18(15)21-20(19)26/h7-11,21,26H,5-6H2,1-4H3. The second kappa shape index (κ2) is 8.44. The number of aryl methyl sites for hydroxylation is 2. The third-order valence-electron chi connectivity index (χ3n) is 5.19. The Kier molecular flexibility index (Phi) is 6.09. The Bertz CT molecular complexity index is 1290. The first-order valence-corrected chi connectivity index (χ1v) is 11.1. The number of aromatic nitrogens is 1. The second-order valence-electron chi connectivity index (χ2n) is 6.95. The molecule has 0 amide bonds. The molecule has 0 radical (unpaired) electrons. The molecule has 1 aromatic heterocycles. The summed E-state index contributed by atoms with van der Waals surface area (Å²) in [4.78, 5) is 13.1. The SMILES string of the molecule is CCN(CC)S(=O)(=O)c1cc([N+](=O)[O-])ccc1N=Nc1c(O)[nH]c2c(C)c(C)ccc12. The Morgan fingerprint density at radius 3 is 2.42 bits per heavy atom. The van der Waals surface area contributed by atoms with E-state index in [0.717, 1.165) is 23.3 Å². The fourth-order valence-corrected chi connectivity index (χ4v) is 4.89. The van der Waals surface area contributed by atoms with Gasteiger partial charge in [0.2, 0.25) is 15.9 Å². The Hall–Kier alpha value is -3.31. The summed E-state index contributed by atoms with van der Waals surface area (Å²) in [5, 5.41) is 30.3. The number of aromatic amines is 1. The molecule has 0 bridgehead atoms. The summed E-state index contributed by atoms with van der Waals surface area (Å²) >= 11 is 0. The molecule has 0 atom stereocenters. The van der Waals surface area contributed by atoms with Gasteiger partial charge >= 0.3 is 0 Å². The first-order valence-electron chi connectivity index (χ1n) is 9.62. The van der Waals surface area contributed by atoms with Crippen LogP contribution in [0.15, 0.2) is 45.5 Å². The van der Waals surface area contributed by atoms with Gasteiger partial charge in [0.25, 0.3) is 5.69 Å². The smallest absolute Gasteiger partial charge is 0.270 e. The van der Waals surface area contributed by atoms with Crippen molar-refractivity contribution in [3.8, 4) is 5.88 Å². The molecule has 0 saturated carbocycles. The fourth-order valence-electron chi connectivity index (χ4n) is 3.29. The molecule has 164 valence electrons. The summed E-state index contributed by atoms with van der Waals surface area (Å²) in [6.45, 7) is 7.58. The van der Waals surface area contributed by atoms with Crippen molar-refractivity contribution in [2.45, 2.75) is 32.6 Å². The summed E-state index contributed by atoms with van der Waals surface area (Å²) in [6.07, 6.45) is 0. The van der Waals surface area contributed by atoms with Gasteiger partial charge < -0.3 is 10.1 Å². The minimum Gasteiger partial charge on any atom is -0.493 e. The number of hydrogen-bond donors (Lipinski definition) is 2. The summed E-state index contributed by atoms with van der Waals surface area (Å²) in [5.41, 5.74) is 2.39. The molecule has 1 heterocycles. The Morgan fingerprint density at radius 2 is 1.81 bits per heavy atom. The molecule has 0 fully saturated rings. The molecule has 0 saturated heterocycles. The number of non-ortho nitro benzene ring substituents is 1. The van der Waals surface area contributed by atoms with Crippen molar-refractivity contribution in [3.63, 3.8) is 0 Å². The highest BCUT2D eigenvalue weighted by Gasteiger charge is 2.27. The van der Waals surface area contributed by atoms with Gasteiger partial charge in [0, 0.05) is 30.6 Å². The molecular weight excluding hydrogens is 422 g/mol. The Morgan fingerprint density at radius 1 is 1.13 bits per heavy atom. The van der Waals surface area contributed by atoms with Crippen LogP contribution in [0, 0.1) is 24.0 Å². The van der Waals surface area contributed by atoms with Gasteiger partial charge in [-0.3, -0.25) is 10.1 Å². The van der Waals surface area contributed by atoms with Crippen LogP contribution < -0.4 is 0 Å². The maximum atomic E-state index is 13.1. The maximum Gasteiger partial charge on any atom is 0.270 e. The number of nitrogens with one attached hydrogen (secondary N) is 1. The monoisotopic (exact) mass is 445 g/mol. The molecule has 0 spiro atoms. The van der Waals surface area contributed by atoms with Gasteiger partial charge in [0.1, 0.15) is 10.6 Å². The number of nitrogens with zero attached hydrogens (tertiary/aromatic N) is 4. The molecule has 2 aromatic carbocycles. The van der Waals surface area contributed by atoms with Crippen molar-refractivity contribution in [1.29, 1.82) is 0 Å². The van der Waals surface area contributed by atoms with Crippen LogP contribution in [0.25, 0.3) is 10.9 Å². The minimum absolute atomic E-state index is 0.0601. The number of nitro benzene ring substituents is 1. The van der Waals surface area contributed by atoms with E-state index in [1.165, 1.54) is 10.4 Å². The van der Waals surface area contributed by atoms with E-state index in [1.807, 2.05) is 19.9 Å². The van der Waals surface area contributed by atoms with Crippen LogP contribution in [0.2, 0.25) is 0 Å². The first-order chi connectivity index (χ1) is 14.6. The van der Waals surface area contributed by atoms with E-state index in [4.69, 9.17) is 0 Å². The molecule has 0 aliphatic carbocycles.